The largest absolute Gasteiger partial charge is 0.264 e. The minimum Gasteiger partial charge on any atom is -0.264 e. The van der Waals surface area contributed by atoms with Crippen molar-refractivity contribution in [2.75, 3.05) is 0 Å². The molecule has 9 nitrogen and oxygen atoms in total. The molecule has 0 fully saturated rings. The topological polar surface area (TPSA) is 129 Å². The van der Waals surface area contributed by atoms with Crippen LogP contribution in [0.3, 0.4) is 0 Å². The number of unbranched alkanes of at least 4 members (excludes halogenated alkanes) is 18. The highest BCUT2D eigenvalue weighted by molar-refractivity contribution is 4.75. The van der Waals surface area contributed by atoms with E-state index < -0.39 is 17.6 Å². The van der Waals surface area contributed by atoms with Crippen molar-refractivity contribution in [1.82, 2.24) is 0 Å². The van der Waals surface area contributed by atoms with Gasteiger partial charge in [0, 0.05) is 60.7 Å². The van der Waals surface area contributed by atoms with Crippen LogP contribution < -0.4 is 0 Å². The molecule has 0 aliphatic rings. The van der Waals surface area contributed by atoms with Crippen LogP contribution in [0.5, 0.6) is 0 Å². The van der Waals surface area contributed by atoms with Crippen LogP contribution in [0.25, 0.3) is 0 Å². The molecule has 0 saturated carbocycles. The molecule has 0 N–H and O–H groups in total. The van der Waals surface area contributed by atoms with Crippen LogP contribution in [0, 0.1) is 36.3 Å². The Balaban J connectivity index is 4.49. The molecule has 3 unspecified atom stereocenters. The summed E-state index contributed by atoms with van der Waals surface area (Å²) in [6, 6.07) is -1.03. The molecule has 0 bridgehead atoms. The second kappa shape index (κ2) is 28.4. The molecule has 0 aromatic heterocycles. The molecule has 0 aliphatic heterocycles. The van der Waals surface area contributed by atoms with E-state index in [1.807, 2.05) is 0 Å². The van der Waals surface area contributed by atoms with Gasteiger partial charge < -0.3 is 0 Å². The van der Waals surface area contributed by atoms with Gasteiger partial charge >= 0.3 is 0 Å². The summed E-state index contributed by atoms with van der Waals surface area (Å²) < 4.78 is 0. The molecule has 0 aromatic rings. The van der Waals surface area contributed by atoms with E-state index in [2.05, 4.69) is 13.8 Å². The summed E-state index contributed by atoms with van der Waals surface area (Å²) >= 11 is 0. The third-order valence-electron chi connectivity index (χ3n) is 9.72. The lowest BCUT2D eigenvalue weighted by molar-refractivity contribution is -0.563. The highest BCUT2D eigenvalue weighted by atomic mass is 16.6. The molecular weight excluding hydrogens is 570 g/mol. The molecule has 0 saturated heterocycles. The fourth-order valence-corrected chi connectivity index (χ4v) is 6.64. The maximum Gasteiger partial charge on any atom is 0.217 e. The number of rotatable bonds is 34. The Morgan fingerprint density at radius 1 is 0.444 bits per heavy atom. The number of nitro groups is 3. The van der Waals surface area contributed by atoms with E-state index in [9.17, 15) is 30.3 Å². The lowest BCUT2D eigenvalue weighted by Gasteiger charge is -2.24. The van der Waals surface area contributed by atoms with Crippen molar-refractivity contribution in [2.24, 2.45) is 5.92 Å². The Morgan fingerprint density at radius 2 is 0.756 bits per heavy atom. The Morgan fingerprint density at radius 3 is 1.09 bits per heavy atom. The van der Waals surface area contributed by atoms with Gasteiger partial charge in [0.2, 0.25) is 17.6 Å². The van der Waals surface area contributed by atoms with Gasteiger partial charge in [0.15, 0.2) is 0 Å². The first-order chi connectivity index (χ1) is 21.5. The van der Waals surface area contributed by atoms with Gasteiger partial charge in [-0.3, -0.25) is 30.3 Å². The molecule has 266 valence electrons. The van der Waals surface area contributed by atoms with Crippen LogP contribution >= 0.6 is 0 Å². The molecule has 3 atom stereocenters. The van der Waals surface area contributed by atoms with E-state index in [0.717, 1.165) is 70.6 Å². The first-order valence-corrected chi connectivity index (χ1v) is 19.0. The van der Waals surface area contributed by atoms with Crippen molar-refractivity contribution < 1.29 is 14.8 Å². The molecule has 0 aliphatic carbocycles. The molecule has 9 heteroatoms. The first kappa shape index (κ1) is 43.2. The van der Waals surface area contributed by atoms with Crippen molar-refractivity contribution in [3.63, 3.8) is 0 Å². The van der Waals surface area contributed by atoms with Crippen molar-refractivity contribution in [3.8, 4) is 0 Å². The van der Waals surface area contributed by atoms with Crippen molar-refractivity contribution in [3.05, 3.63) is 30.3 Å². The minimum absolute atomic E-state index is 0.0736. The summed E-state index contributed by atoms with van der Waals surface area (Å²) in [6.45, 7) is 7.71. The molecule has 0 aromatic carbocycles. The Kier molecular flexibility index (Phi) is 27.3. The van der Waals surface area contributed by atoms with Gasteiger partial charge in [-0.05, 0) is 31.6 Å². The fraction of sp³-hybridized carbons (Fsp3) is 1.00. The van der Waals surface area contributed by atoms with E-state index in [4.69, 9.17) is 0 Å². The average Bonchev–Trinajstić information content (AvgIpc) is 2.98. The standard InChI is InChI=1S/C36H71N3O6/c1-5-7-9-11-12-13-14-15-16-17-19-24-29-35(38(42)43)31-30-33(32-36(3,4)39(44)45)26-22-20-21-25-28-34(37(40)41)27-23-18-10-8-6-2/h33-35H,5-32H2,1-4H3. The summed E-state index contributed by atoms with van der Waals surface area (Å²) in [5, 5.41) is 35.0. The molecule has 45 heavy (non-hydrogen) atoms. The fourth-order valence-electron chi connectivity index (χ4n) is 6.64. The molecule has 0 heterocycles. The van der Waals surface area contributed by atoms with Crippen molar-refractivity contribution in [1.29, 1.82) is 0 Å². The van der Waals surface area contributed by atoms with E-state index in [1.54, 1.807) is 13.8 Å². The zero-order valence-corrected chi connectivity index (χ0v) is 29.8. The number of hydrogen-bond acceptors (Lipinski definition) is 6. The predicted octanol–water partition coefficient (Wildman–Crippen LogP) is 11.9. The van der Waals surface area contributed by atoms with Crippen LogP contribution in [0.4, 0.5) is 0 Å². The maximum absolute atomic E-state index is 11.8. The third-order valence-corrected chi connectivity index (χ3v) is 9.72. The molecule has 0 amide bonds. The van der Waals surface area contributed by atoms with Gasteiger partial charge in [-0.1, -0.05) is 136 Å². The van der Waals surface area contributed by atoms with Gasteiger partial charge in [-0.15, -0.1) is 0 Å². The number of nitrogens with zero attached hydrogens (tertiary/aromatic N) is 3. The maximum atomic E-state index is 11.8. The average molecular weight is 642 g/mol. The Bertz CT molecular complexity index is 748. The zero-order valence-electron chi connectivity index (χ0n) is 29.8. The molecule has 0 spiro atoms. The zero-order chi connectivity index (χ0) is 33.8. The normalized spacial score (nSPS) is 13.9. The lowest BCUT2D eigenvalue weighted by atomic mass is 9.83. The first-order valence-electron chi connectivity index (χ1n) is 19.0. The van der Waals surface area contributed by atoms with E-state index >= 15 is 0 Å². The second-order valence-electron chi connectivity index (χ2n) is 14.5. The summed E-state index contributed by atoms with van der Waals surface area (Å²) in [5.41, 5.74) is -1.06. The van der Waals surface area contributed by atoms with Crippen molar-refractivity contribution >= 4 is 0 Å². The van der Waals surface area contributed by atoms with Gasteiger partial charge in [0.05, 0.1) is 0 Å². The summed E-state index contributed by atoms with van der Waals surface area (Å²) in [6.07, 6.45) is 28.1. The summed E-state index contributed by atoms with van der Waals surface area (Å²) in [7, 11) is 0. The van der Waals surface area contributed by atoms with Crippen LogP contribution in [0.1, 0.15) is 207 Å². The lowest BCUT2D eigenvalue weighted by Crippen LogP contribution is -2.34. The van der Waals surface area contributed by atoms with E-state index in [1.165, 1.54) is 70.6 Å². The monoisotopic (exact) mass is 642 g/mol. The van der Waals surface area contributed by atoms with Crippen LogP contribution in [-0.4, -0.2) is 32.4 Å². The Labute approximate surface area is 275 Å². The molecule has 0 radical (unpaired) electrons. The number of hydrogen-bond donors (Lipinski definition) is 0. The van der Waals surface area contributed by atoms with Crippen LogP contribution in [0.15, 0.2) is 0 Å². The highest BCUT2D eigenvalue weighted by Crippen LogP contribution is 2.29. The highest BCUT2D eigenvalue weighted by Gasteiger charge is 2.34. The minimum atomic E-state index is -1.06. The molecular formula is C36H71N3O6. The Hall–Kier alpha value is -1.80. The van der Waals surface area contributed by atoms with Crippen LogP contribution in [-0.2, 0) is 0 Å². The molecule has 0 rings (SSSR count). The SMILES string of the molecule is CCCCCCCCCCCCCCC(CCC(CCCCCCC(CCCCCCC)[N+](=O)[O-])CC(C)(C)[N+](=O)[O-])[N+](=O)[O-]. The van der Waals surface area contributed by atoms with Gasteiger partial charge in [-0.25, -0.2) is 0 Å². The van der Waals surface area contributed by atoms with Gasteiger partial charge in [0.25, 0.3) is 0 Å². The quantitative estimate of drug-likeness (QED) is 0.0390. The summed E-state index contributed by atoms with van der Waals surface area (Å²) in [4.78, 5) is 34.5. The van der Waals surface area contributed by atoms with E-state index in [0.29, 0.717) is 38.5 Å². The van der Waals surface area contributed by atoms with Gasteiger partial charge in [-0.2, -0.15) is 0 Å². The second-order valence-corrected chi connectivity index (χ2v) is 14.5. The van der Waals surface area contributed by atoms with Crippen molar-refractivity contribution in [2.45, 2.75) is 225 Å². The van der Waals surface area contributed by atoms with Gasteiger partial charge in [0.1, 0.15) is 0 Å². The third kappa shape index (κ3) is 25.0. The summed E-state index contributed by atoms with van der Waals surface area (Å²) in [5.74, 6) is 0.0736. The van der Waals surface area contributed by atoms with E-state index in [-0.39, 0.29) is 20.7 Å². The predicted molar refractivity (Wildman–Crippen MR) is 187 cm³/mol. The smallest absolute Gasteiger partial charge is 0.217 e. The van der Waals surface area contributed by atoms with Crippen LogP contribution in [0.2, 0.25) is 0 Å².